The highest BCUT2D eigenvalue weighted by atomic mass is 16.2. The van der Waals surface area contributed by atoms with Gasteiger partial charge in [0.25, 0.3) is 0 Å². The number of amides is 2. The average molecular weight is 365 g/mol. The molecule has 0 aliphatic rings. The molecule has 3 aromatic rings. The highest BCUT2D eigenvalue weighted by Crippen LogP contribution is 2.19. The molecule has 0 spiro atoms. The first-order valence-electron chi connectivity index (χ1n) is 8.68. The van der Waals surface area contributed by atoms with E-state index in [4.69, 9.17) is 5.73 Å². The van der Waals surface area contributed by atoms with Gasteiger partial charge in [-0.05, 0) is 61.2 Å². The van der Waals surface area contributed by atoms with Gasteiger partial charge in [-0.1, -0.05) is 12.1 Å². The molecule has 7 heteroatoms. The molecule has 2 aromatic heterocycles. The summed E-state index contributed by atoms with van der Waals surface area (Å²) in [6.07, 6.45) is 3.74. The topological polar surface area (TPSA) is 116 Å². The Kier molecular flexibility index (Phi) is 5.30. The van der Waals surface area contributed by atoms with E-state index in [1.54, 1.807) is 24.5 Å². The standard InChI is InChI=1S/C20H23N5O2/c1-12-7-9-22-17(12)24-19(26)16(11-14-3-5-15(21)6-4-14)20(27)25-18-13(2)8-10-23-18/h3-10,16,22-23H,11,21H2,1-2H3,(H,24,26)(H,25,27). The number of aromatic nitrogens is 2. The van der Waals surface area contributed by atoms with Crippen LogP contribution in [0.2, 0.25) is 0 Å². The molecule has 140 valence electrons. The molecule has 6 N–H and O–H groups in total. The minimum absolute atomic E-state index is 0.261. The Labute approximate surface area is 157 Å². The molecule has 2 heterocycles. The predicted molar refractivity (Wildman–Crippen MR) is 106 cm³/mol. The predicted octanol–water partition coefficient (Wildman–Crippen LogP) is 2.98. The number of rotatable bonds is 6. The van der Waals surface area contributed by atoms with E-state index in [0.29, 0.717) is 17.3 Å². The van der Waals surface area contributed by atoms with Gasteiger partial charge in [0, 0.05) is 18.1 Å². The van der Waals surface area contributed by atoms with E-state index in [9.17, 15) is 9.59 Å². The summed E-state index contributed by atoms with van der Waals surface area (Å²) in [6.45, 7) is 3.76. The van der Waals surface area contributed by atoms with E-state index in [0.717, 1.165) is 16.7 Å². The first-order valence-corrected chi connectivity index (χ1v) is 8.68. The normalized spacial score (nSPS) is 10.8. The number of benzene rings is 1. The fourth-order valence-corrected chi connectivity index (χ4v) is 2.78. The number of nitrogens with one attached hydrogen (secondary N) is 4. The molecule has 7 nitrogen and oxygen atoms in total. The summed E-state index contributed by atoms with van der Waals surface area (Å²) in [5.74, 6) is -0.477. The molecule has 0 aliphatic carbocycles. The summed E-state index contributed by atoms with van der Waals surface area (Å²) in [7, 11) is 0. The first-order chi connectivity index (χ1) is 12.9. The van der Waals surface area contributed by atoms with E-state index in [1.807, 2.05) is 38.1 Å². The second kappa shape index (κ2) is 7.82. The number of H-pyrrole nitrogens is 2. The van der Waals surface area contributed by atoms with Crippen molar-refractivity contribution in [2.45, 2.75) is 20.3 Å². The van der Waals surface area contributed by atoms with E-state index >= 15 is 0 Å². The van der Waals surface area contributed by atoms with Gasteiger partial charge in [0.2, 0.25) is 11.8 Å². The molecular weight excluding hydrogens is 342 g/mol. The van der Waals surface area contributed by atoms with Gasteiger partial charge in [0.15, 0.2) is 0 Å². The SMILES string of the molecule is Cc1cc[nH]c1NC(=O)C(Cc1ccc(N)cc1)C(=O)Nc1[nH]ccc1C. The van der Waals surface area contributed by atoms with Crippen molar-refractivity contribution in [2.75, 3.05) is 16.4 Å². The van der Waals surface area contributed by atoms with Gasteiger partial charge in [-0.2, -0.15) is 0 Å². The lowest BCUT2D eigenvalue weighted by atomic mass is 9.97. The van der Waals surface area contributed by atoms with Crippen LogP contribution in [-0.4, -0.2) is 21.8 Å². The van der Waals surface area contributed by atoms with Crippen LogP contribution in [0.15, 0.2) is 48.8 Å². The zero-order valence-electron chi connectivity index (χ0n) is 15.3. The molecule has 0 radical (unpaired) electrons. The summed E-state index contributed by atoms with van der Waals surface area (Å²) in [4.78, 5) is 31.7. The molecule has 1 aromatic carbocycles. The third-order valence-corrected chi connectivity index (χ3v) is 4.46. The quantitative estimate of drug-likeness (QED) is 0.341. The molecule has 0 saturated heterocycles. The maximum atomic E-state index is 12.9. The van der Waals surface area contributed by atoms with Crippen LogP contribution >= 0.6 is 0 Å². The van der Waals surface area contributed by atoms with Gasteiger partial charge in [0.1, 0.15) is 17.6 Å². The monoisotopic (exact) mass is 365 g/mol. The number of nitrogens with two attached hydrogens (primary N) is 1. The molecule has 0 fully saturated rings. The average Bonchev–Trinajstić information content (AvgIpc) is 3.23. The van der Waals surface area contributed by atoms with Crippen molar-refractivity contribution in [3.05, 3.63) is 65.5 Å². The lowest BCUT2D eigenvalue weighted by molar-refractivity contribution is -0.129. The number of anilines is 3. The Hall–Kier alpha value is -3.48. The molecule has 0 saturated carbocycles. The summed E-state index contributed by atoms with van der Waals surface area (Å²) in [5.41, 5.74) is 9.01. The fourth-order valence-electron chi connectivity index (χ4n) is 2.78. The van der Waals surface area contributed by atoms with E-state index in [1.165, 1.54) is 0 Å². The number of hydrogen-bond acceptors (Lipinski definition) is 3. The third kappa shape index (κ3) is 4.38. The number of hydrogen-bond donors (Lipinski definition) is 5. The van der Waals surface area contributed by atoms with Crippen LogP contribution in [0.4, 0.5) is 17.3 Å². The van der Waals surface area contributed by atoms with Crippen LogP contribution in [-0.2, 0) is 16.0 Å². The van der Waals surface area contributed by atoms with Crippen molar-refractivity contribution < 1.29 is 9.59 Å². The van der Waals surface area contributed by atoms with Gasteiger partial charge >= 0.3 is 0 Å². The van der Waals surface area contributed by atoms with Crippen molar-refractivity contribution in [3.8, 4) is 0 Å². The van der Waals surface area contributed by atoms with Gasteiger partial charge in [-0.3, -0.25) is 9.59 Å². The van der Waals surface area contributed by atoms with Crippen LogP contribution in [0, 0.1) is 19.8 Å². The summed E-state index contributed by atoms with van der Waals surface area (Å²) >= 11 is 0. The van der Waals surface area contributed by atoms with E-state index in [2.05, 4.69) is 20.6 Å². The van der Waals surface area contributed by atoms with E-state index in [-0.39, 0.29) is 18.2 Å². The smallest absolute Gasteiger partial charge is 0.238 e. The number of carbonyl (C=O) groups excluding carboxylic acids is 2. The largest absolute Gasteiger partial charge is 0.399 e. The van der Waals surface area contributed by atoms with Crippen LogP contribution in [0.5, 0.6) is 0 Å². The third-order valence-electron chi connectivity index (χ3n) is 4.46. The van der Waals surface area contributed by atoms with Crippen LogP contribution < -0.4 is 16.4 Å². The molecule has 0 unspecified atom stereocenters. The highest BCUT2D eigenvalue weighted by Gasteiger charge is 2.28. The summed E-state index contributed by atoms with van der Waals surface area (Å²) in [5, 5.41) is 5.61. The van der Waals surface area contributed by atoms with Crippen molar-refractivity contribution in [2.24, 2.45) is 5.92 Å². The Morgan fingerprint density at radius 2 is 1.37 bits per heavy atom. The molecular formula is C20H23N5O2. The Balaban J connectivity index is 1.81. The molecule has 3 rings (SSSR count). The lowest BCUT2D eigenvalue weighted by Gasteiger charge is -2.17. The van der Waals surface area contributed by atoms with Crippen molar-refractivity contribution >= 4 is 29.1 Å². The minimum Gasteiger partial charge on any atom is -0.399 e. The van der Waals surface area contributed by atoms with Crippen molar-refractivity contribution in [1.82, 2.24) is 9.97 Å². The zero-order chi connectivity index (χ0) is 19.4. The number of aromatic amines is 2. The zero-order valence-corrected chi connectivity index (χ0v) is 15.3. The first kappa shape index (κ1) is 18.3. The minimum atomic E-state index is -0.904. The fraction of sp³-hybridized carbons (Fsp3) is 0.200. The number of nitrogen functional groups attached to an aromatic ring is 1. The maximum absolute atomic E-state index is 12.9. The molecule has 0 bridgehead atoms. The van der Waals surface area contributed by atoms with E-state index < -0.39 is 5.92 Å². The Morgan fingerprint density at radius 1 is 0.889 bits per heavy atom. The maximum Gasteiger partial charge on any atom is 0.238 e. The van der Waals surface area contributed by atoms with Crippen LogP contribution in [0.3, 0.4) is 0 Å². The number of carbonyl (C=O) groups is 2. The summed E-state index contributed by atoms with van der Waals surface area (Å²) in [6, 6.07) is 10.9. The van der Waals surface area contributed by atoms with Gasteiger partial charge in [0.05, 0.1) is 0 Å². The molecule has 27 heavy (non-hydrogen) atoms. The van der Waals surface area contributed by atoms with Crippen LogP contribution in [0.25, 0.3) is 0 Å². The van der Waals surface area contributed by atoms with Gasteiger partial charge in [-0.25, -0.2) is 0 Å². The Bertz CT molecular complexity index is 885. The second-order valence-corrected chi connectivity index (χ2v) is 6.55. The van der Waals surface area contributed by atoms with Crippen molar-refractivity contribution in [3.63, 3.8) is 0 Å². The lowest BCUT2D eigenvalue weighted by Crippen LogP contribution is -2.35. The Morgan fingerprint density at radius 3 is 1.78 bits per heavy atom. The molecule has 2 amide bonds. The van der Waals surface area contributed by atoms with Crippen LogP contribution in [0.1, 0.15) is 16.7 Å². The second-order valence-electron chi connectivity index (χ2n) is 6.55. The highest BCUT2D eigenvalue weighted by molar-refractivity contribution is 6.10. The number of aryl methyl sites for hydroxylation is 2. The van der Waals surface area contributed by atoms with Crippen molar-refractivity contribution in [1.29, 1.82) is 0 Å². The summed E-state index contributed by atoms with van der Waals surface area (Å²) < 4.78 is 0. The van der Waals surface area contributed by atoms with Gasteiger partial charge < -0.3 is 26.3 Å². The van der Waals surface area contributed by atoms with Gasteiger partial charge in [-0.15, -0.1) is 0 Å². The molecule has 0 aliphatic heterocycles. The molecule has 0 atom stereocenters.